The Kier molecular flexibility index (Phi) is 4.27. The minimum atomic E-state index is 0.730. The number of hydrogen-bond donors (Lipinski definition) is 1. The second kappa shape index (κ2) is 6.14. The highest BCUT2D eigenvalue weighted by Crippen LogP contribution is 2.30. The zero-order chi connectivity index (χ0) is 13.9. The van der Waals surface area contributed by atoms with E-state index in [9.17, 15) is 0 Å². The average molecular weight is 378 g/mol. The second-order valence-corrected chi connectivity index (χ2v) is 6.71. The lowest BCUT2D eigenvalue weighted by molar-refractivity contribution is 0.246. The van der Waals surface area contributed by atoms with E-state index < -0.39 is 0 Å². The monoisotopic (exact) mass is 378 g/mol. The first kappa shape index (κ1) is 13.9. The van der Waals surface area contributed by atoms with E-state index in [-0.39, 0.29) is 0 Å². The van der Waals surface area contributed by atoms with Gasteiger partial charge in [0.2, 0.25) is 0 Å². The summed E-state index contributed by atoms with van der Waals surface area (Å²) in [5.74, 6) is 0. The summed E-state index contributed by atoms with van der Waals surface area (Å²) >= 11 is 2.35. The van der Waals surface area contributed by atoms with Crippen molar-refractivity contribution in [1.29, 1.82) is 0 Å². The van der Waals surface area contributed by atoms with Crippen LogP contribution in [0.2, 0.25) is 0 Å². The van der Waals surface area contributed by atoms with Gasteiger partial charge < -0.3 is 5.73 Å². The highest BCUT2D eigenvalue weighted by Gasteiger charge is 2.29. The summed E-state index contributed by atoms with van der Waals surface area (Å²) in [6.45, 7) is 1.96. The van der Waals surface area contributed by atoms with Gasteiger partial charge in [-0.3, -0.25) is 4.90 Å². The first-order chi connectivity index (χ1) is 9.72. The van der Waals surface area contributed by atoms with Crippen LogP contribution in [0, 0.1) is 3.57 Å². The number of nitrogens with zero attached hydrogens (tertiary/aromatic N) is 1. The van der Waals surface area contributed by atoms with Crippen LogP contribution in [0.1, 0.15) is 24.0 Å². The molecule has 3 rings (SSSR count). The molecule has 2 aromatic carbocycles. The molecule has 1 saturated carbocycles. The van der Waals surface area contributed by atoms with Crippen LogP contribution in [-0.4, -0.2) is 10.9 Å². The summed E-state index contributed by atoms with van der Waals surface area (Å²) in [4.78, 5) is 2.55. The highest BCUT2D eigenvalue weighted by atomic mass is 127. The topological polar surface area (TPSA) is 29.3 Å². The van der Waals surface area contributed by atoms with Gasteiger partial charge in [-0.05, 0) is 64.8 Å². The Hall–Kier alpha value is -1.07. The average Bonchev–Trinajstić information content (AvgIpc) is 3.27. The normalized spacial score (nSPS) is 14.7. The van der Waals surface area contributed by atoms with Crippen molar-refractivity contribution in [2.24, 2.45) is 0 Å². The summed E-state index contributed by atoms with van der Waals surface area (Å²) in [5, 5.41) is 0. The van der Waals surface area contributed by atoms with Crippen LogP contribution in [0.5, 0.6) is 0 Å². The maximum Gasteiger partial charge on any atom is 0.0359 e. The van der Waals surface area contributed by atoms with Crippen molar-refractivity contribution in [1.82, 2.24) is 4.90 Å². The fourth-order valence-electron chi connectivity index (χ4n) is 2.48. The van der Waals surface area contributed by atoms with Crippen LogP contribution >= 0.6 is 22.6 Å². The molecule has 0 aromatic heterocycles. The summed E-state index contributed by atoms with van der Waals surface area (Å²) in [5.41, 5.74) is 9.60. The number of nitrogens with two attached hydrogens (primary N) is 1. The van der Waals surface area contributed by atoms with E-state index in [0.29, 0.717) is 0 Å². The third-order valence-electron chi connectivity index (χ3n) is 3.79. The number of rotatable bonds is 5. The first-order valence-corrected chi connectivity index (χ1v) is 8.12. The van der Waals surface area contributed by atoms with Gasteiger partial charge in [-0.2, -0.15) is 0 Å². The van der Waals surface area contributed by atoms with Gasteiger partial charge in [-0.25, -0.2) is 0 Å². The minimum absolute atomic E-state index is 0.730. The van der Waals surface area contributed by atoms with Crippen molar-refractivity contribution in [2.45, 2.75) is 32.0 Å². The van der Waals surface area contributed by atoms with Crippen LogP contribution < -0.4 is 5.73 Å². The maximum absolute atomic E-state index is 6.07. The Labute approximate surface area is 134 Å². The predicted molar refractivity (Wildman–Crippen MR) is 92.3 cm³/mol. The van der Waals surface area contributed by atoms with E-state index in [1.165, 1.54) is 27.5 Å². The van der Waals surface area contributed by atoms with E-state index in [1.807, 2.05) is 12.1 Å². The number of hydrogen-bond acceptors (Lipinski definition) is 2. The van der Waals surface area contributed by atoms with Crippen LogP contribution in [0.4, 0.5) is 5.69 Å². The molecule has 0 bridgehead atoms. The molecule has 3 heteroatoms. The predicted octanol–water partition coefficient (Wildman–Crippen LogP) is 4.04. The Morgan fingerprint density at radius 2 is 1.70 bits per heavy atom. The maximum atomic E-state index is 6.07. The van der Waals surface area contributed by atoms with Gasteiger partial charge in [-0.15, -0.1) is 0 Å². The van der Waals surface area contributed by atoms with Gasteiger partial charge in [0.1, 0.15) is 0 Å². The Morgan fingerprint density at radius 3 is 2.35 bits per heavy atom. The SMILES string of the molecule is Nc1ccccc1CN(Cc1ccc(I)cc1)C1CC1. The lowest BCUT2D eigenvalue weighted by atomic mass is 10.1. The third-order valence-corrected chi connectivity index (χ3v) is 4.51. The molecule has 0 unspecified atom stereocenters. The van der Waals surface area contributed by atoms with Crippen molar-refractivity contribution in [3.63, 3.8) is 0 Å². The van der Waals surface area contributed by atoms with E-state index in [0.717, 1.165) is 24.8 Å². The minimum Gasteiger partial charge on any atom is -0.398 e. The van der Waals surface area contributed by atoms with Gasteiger partial charge in [0.25, 0.3) is 0 Å². The van der Waals surface area contributed by atoms with Crippen molar-refractivity contribution in [3.05, 3.63) is 63.2 Å². The molecule has 0 aliphatic heterocycles. The van der Waals surface area contributed by atoms with Crippen molar-refractivity contribution in [3.8, 4) is 0 Å². The summed E-state index contributed by atoms with van der Waals surface area (Å²) in [6, 6.07) is 17.7. The van der Waals surface area contributed by atoms with Crippen molar-refractivity contribution in [2.75, 3.05) is 5.73 Å². The number of anilines is 1. The second-order valence-electron chi connectivity index (χ2n) is 5.46. The lowest BCUT2D eigenvalue weighted by Gasteiger charge is -2.23. The fraction of sp³-hybridized carbons (Fsp3) is 0.294. The quantitative estimate of drug-likeness (QED) is 0.629. The van der Waals surface area contributed by atoms with E-state index >= 15 is 0 Å². The molecule has 0 spiro atoms. The fourth-order valence-corrected chi connectivity index (χ4v) is 2.83. The lowest BCUT2D eigenvalue weighted by Crippen LogP contribution is -2.25. The molecule has 1 aliphatic carbocycles. The Morgan fingerprint density at radius 1 is 1.00 bits per heavy atom. The highest BCUT2D eigenvalue weighted by molar-refractivity contribution is 14.1. The molecule has 1 fully saturated rings. The molecule has 20 heavy (non-hydrogen) atoms. The van der Waals surface area contributed by atoms with Crippen LogP contribution in [-0.2, 0) is 13.1 Å². The van der Waals surface area contributed by atoms with Crippen molar-refractivity contribution >= 4 is 28.3 Å². The van der Waals surface area contributed by atoms with Gasteiger partial charge in [0.15, 0.2) is 0 Å². The van der Waals surface area contributed by atoms with Gasteiger partial charge in [-0.1, -0.05) is 30.3 Å². The van der Waals surface area contributed by atoms with Gasteiger partial charge in [0, 0.05) is 28.4 Å². The molecule has 0 atom stereocenters. The molecule has 0 saturated heterocycles. The van der Waals surface area contributed by atoms with Crippen LogP contribution in [0.3, 0.4) is 0 Å². The zero-order valence-corrected chi connectivity index (χ0v) is 13.6. The molecule has 0 radical (unpaired) electrons. The Balaban J connectivity index is 1.73. The van der Waals surface area contributed by atoms with Gasteiger partial charge in [0.05, 0.1) is 0 Å². The molecule has 2 nitrogen and oxygen atoms in total. The number of benzene rings is 2. The molecule has 1 aliphatic rings. The summed E-state index contributed by atoms with van der Waals surface area (Å²) in [6.07, 6.45) is 2.63. The molecular formula is C17H19IN2. The number of halogens is 1. The molecule has 104 valence electrons. The summed E-state index contributed by atoms with van der Waals surface area (Å²) < 4.78 is 1.29. The molecule has 0 amide bonds. The largest absolute Gasteiger partial charge is 0.398 e. The van der Waals surface area contributed by atoms with Gasteiger partial charge >= 0.3 is 0 Å². The molecule has 0 heterocycles. The number of nitrogen functional groups attached to an aromatic ring is 1. The van der Waals surface area contributed by atoms with Crippen molar-refractivity contribution < 1.29 is 0 Å². The third kappa shape index (κ3) is 3.52. The smallest absolute Gasteiger partial charge is 0.0359 e. The standard InChI is InChI=1S/C17H19IN2/c18-15-7-5-13(6-8-15)11-20(16-9-10-16)12-14-3-1-2-4-17(14)19/h1-8,16H,9-12,19H2. The van der Waals surface area contributed by atoms with E-state index in [1.54, 1.807) is 0 Å². The molecule has 2 N–H and O–H groups in total. The van der Waals surface area contributed by atoms with E-state index in [2.05, 4.69) is 63.9 Å². The summed E-state index contributed by atoms with van der Waals surface area (Å²) in [7, 11) is 0. The number of para-hydroxylation sites is 1. The molecule has 2 aromatic rings. The van der Waals surface area contributed by atoms with E-state index in [4.69, 9.17) is 5.73 Å². The van der Waals surface area contributed by atoms with Crippen LogP contribution in [0.15, 0.2) is 48.5 Å². The zero-order valence-electron chi connectivity index (χ0n) is 11.4. The first-order valence-electron chi connectivity index (χ1n) is 7.04. The molecular weight excluding hydrogens is 359 g/mol. The Bertz CT molecular complexity index is 576. The van der Waals surface area contributed by atoms with Crippen LogP contribution in [0.25, 0.3) is 0 Å².